The molecule has 5 heterocycles. The number of aromatic nitrogens is 4. The fourth-order valence-corrected chi connectivity index (χ4v) is 4.31. The van der Waals surface area contributed by atoms with Crippen LogP contribution in [-0.4, -0.2) is 43.4 Å². The molecule has 4 aromatic rings. The summed E-state index contributed by atoms with van der Waals surface area (Å²) in [5.41, 5.74) is 6.01. The molecule has 1 aliphatic rings. The van der Waals surface area contributed by atoms with Gasteiger partial charge in [0.15, 0.2) is 0 Å². The lowest BCUT2D eigenvalue weighted by atomic mass is 9.99. The zero-order valence-corrected chi connectivity index (χ0v) is 17.1. The van der Waals surface area contributed by atoms with E-state index in [1.165, 1.54) is 11.1 Å². The quantitative estimate of drug-likeness (QED) is 0.561. The minimum atomic E-state index is 0.0705. The van der Waals surface area contributed by atoms with Crippen LogP contribution >= 0.6 is 0 Å². The average Bonchev–Trinajstić information content (AvgIpc) is 3.34. The van der Waals surface area contributed by atoms with E-state index in [0.717, 1.165) is 40.2 Å². The molecule has 30 heavy (non-hydrogen) atoms. The summed E-state index contributed by atoms with van der Waals surface area (Å²) in [6.45, 7) is 5.30. The number of pyridine rings is 2. The molecule has 0 aliphatic carbocycles. The van der Waals surface area contributed by atoms with Gasteiger partial charge in [0, 0.05) is 54.0 Å². The lowest BCUT2D eigenvalue weighted by Gasteiger charge is -2.26. The van der Waals surface area contributed by atoms with Crippen molar-refractivity contribution >= 4 is 22.5 Å². The standard InChI is InChI=1S/C24H23N5O/c1-16-14-20(17(2)29(16)22-7-3-4-10-25-22)24(30)28-12-8-18(9-13-28)21-15-27-23-19(21)6-5-11-26-23/h3-8,10-11,14-15H,9,12-13H2,1-2H3,(H,26,27). The van der Waals surface area contributed by atoms with Crippen LogP contribution in [0.5, 0.6) is 0 Å². The van der Waals surface area contributed by atoms with E-state index < -0.39 is 0 Å². The van der Waals surface area contributed by atoms with Gasteiger partial charge in [-0.25, -0.2) is 9.97 Å². The maximum Gasteiger partial charge on any atom is 0.255 e. The summed E-state index contributed by atoms with van der Waals surface area (Å²) in [6.07, 6.45) is 8.57. The first kappa shape index (κ1) is 18.4. The topological polar surface area (TPSA) is 66.8 Å². The molecule has 0 radical (unpaired) electrons. The van der Waals surface area contributed by atoms with Gasteiger partial charge in [-0.2, -0.15) is 0 Å². The average molecular weight is 397 g/mol. The molecular formula is C24H23N5O. The second kappa shape index (κ2) is 7.30. The Morgan fingerprint density at radius 2 is 1.97 bits per heavy atom. The smallest absolute Gasteiger partial charge is 0.255 e. The molecule has 0 spiro atoms. The van der Waals surface area contributed by atoms with Crippen molar-refractivity contribution in [1.29, 1.82) is 0 Å². The molecule has 0 saturated carbocycles. The first-order valence-corrected chi connectivity index (χ1v) is 10.1. The maximum atomic E-state index is 13.3. The molecular weight excluding hydrogens is 374 g/mol. The van der Waals surface area contributed by atoms with Crippen molar-refractivity contribution in [3.8, 4) is 5.82 Å². The Bertz CT molecular complexity index is 1270. The molecule has 0 unspecified atom stereocenters. The minimum Gasteiger partial charge on any atom is -0.346 e. The Balaban J connectivity index is 1.40. The van der Waals surface area contributed by atoms with E-state index in [1.807, 2.05) is 59.8 Å². The van der Waals surface area contributed by atoms with Crippen molar-refractivity contribution in [3.63, 3.8) is 0 Å². The van der Waals surface area contributed by atoms with Crippen LogP contribution in [0.1, 0.15) is 33.7 Å². The van der Waals surface area contributed by atoms with Crippen LogP contribution in [0.2, 0.25) is 0 Å². The van der Waals surface area contributed by atoms with Crippen LogP contribution in [-0.2, 0) is 0 Å². The summed E-state index contributed by atoms with van der Waals surface area (Å²) in [5, 5.41) is 1.13. The Labute approximate surface area is 174 Å². The van der Waals surface area contributed by atoms with Crippen LogP contribution in [0, 0.1) is 13.8 Å². The predicted molar refractivity (Wildman–Crippen MR) is 118 cm³/mol. The van der Waals surface area contributed by atoms with Crippen LogP contribution in [0.15, 0.2) is 61.1 Å². The molecule has 150 valence electrons. The van der Waals surface area contributed by atoms with Crippen molar-refractivity contribution in [2.45, 2.75) is 20.3 Å². The Hall–Kier alpha value is -3.67. The van der Waals surface area contributed by atoms with Crippen molar-refractivity contribution in [1.82, 2.24) is 24.4 Å². The maximum absolute atomic E-state index is 13.3. The fraction of sp³-hybridized carbons (Fsp3) is 0.208. The Morgan fingerprint density at radius 1 is 1.10 bits per heavy atom. The van der Waals surface area contributed by atoms with E-state index in [9.17, 15) is 4.79 Å². The molecule has 1 N–H and O–H groups in total. The van der Waals surface area contributed by atoms with Crippen molar-refractivity contribution in [2.75, 3.05) is 13.1 Å². The van der Waals surface area contributed by atoms with Gasteiger partial charge in [-0.05, 0) is 56.2 Å². The summed E-state index contributed by atoms with van der Waals surface area (Å²) in [7, 11) is 0. The number of carbonyl (C=O) groups excluding carboxylic acids is 1. The lowest BCUT2D eigenvalue weighted by Crippen LogP contribution is -2.34. The molecule has 1 amide bonds. The summed E-state index contributed by atoms with van der Waals surface area (Å²) in [4.78, 5) is 27.2. The number of hydrogen-bond acceptors (Lipinski definition) is 3. The summed E-state index contributed by atoms with van der Waals surface area (Å²) in [6, 6.07) is 11.8. The number of aryl methyl sites for hydroxylation is 1. The number of amides is 1. The van der Waals surface area contributed by atoms with E-state index in [-0.39, 0.29) is 5.91 Å². The summed E-state index contributed by atoms with van der Waals surface area (Å²) >= 11 is 0. The van der Waals surface area contributed by atoms with Crippen molar-refractivity contribution < 1.29 is 4.79 Å². The minimum absolute atomic E-state index is 0.0705. The van der Waals surface area contributed by atoms with E-state index in [1.54, 1.807) is 12.4 Å². The highest BCUT2D eigenvalue weighted by Gasteiger charge is 2.24. The van der Waals surface area contributed by atoms with Gasteiger partial charge in [-0.3, -0.25) is 4.79 Å². The summed E-state index contributed by atoms with van der Waals surface area (Å²) < 4.78 is 2.04. The van der Waals surface area contributed by atoms with Gasteiger partial charge >= 0.3 is 0 Å². The molecule has 0 aromatic carbocycles. The third-order valence-corrected chi connectivity index (χ3v) is 5.83. The molecule has 4 aromatic heterocycles. The van der Waals surface area contributed by atoms with Gasteiger partial charge in [0.2, 0.25) is 0 Å². The molecule has 0 saturated heterocycles. The molecule has 6 nitrogen and oxygen atoms in total. The SMILES string of the molecule is Cc1cc(C(=O)N2CC=C(c3c[nH]c4ncccc34)CC2)c(C)n1-c1ccccn1. The lowest BCUT2D eigenvalue weighted by molar-refractivity contribution is 0.0772. The summed E-state index contributed by atoms with van der Waals surface area (Å²) in [5.74, 6) is 0.904. The largest absolute Gasteiger partial charge is 0.346 e. The number of aromatic amines is 1. The van der Waals surface area contributed by atoms with Crippen LogP contribution in [0.3, 0.4) is 0 Å². The highest BCUT2D eigenvalue weighted by molar-refractivity contribution is 5.97. The van der Waals surface area contributed by atoms with Gasteiger partial charge in [0.05, 0.1) is 5.56 Å². The van der Waals surface area contributed by atoms with Crippen LogP contribution in [0.4, 0.5) is 0 Å². The molecule has 6 heteroatoms. The fourth-order valence-electron chi connectivity index (χ4n) is 4.31. The zero-order chi connectivity index (χ0) is 20.7. The molecule has 5 rings (SSSR count). The normalized spacial score (nSPS) is 14.2. The van der Waals surface area contributed by atoms with E-state index in [0.29, 0.717) is 13.1 Å². The molecule has 0 atom stereocenters. The highest BCUT2D eigenvalue weighted by atomic mass is 16.2. The van der Waals surface area contributed by atoms with Crippen molar-refractivity contribution in [2.24, 2.45) is 0 Å². The first-order valence-electron chi connectivity index (χ1n) is 10.1. The van der Waals surface area contributed by atoms with Crippen molar-refractivity contribution in [3.05, 3.63) is 83.6 Å². The number of hydrogen-bond donors (Lipinski definition) is 1. The first-order chi connectivity index (χ1) is 14.6. The number of carbonyl (C=O) groups is 1. The monoisotopic (exact) mass is 397 g/mol. The molecule has 0 bridgehead atoms. The number of nitrogens with one attached hydrogen (secondary N) is 1. The number of fused-ring (bicyclic) bond motifs is 1. The molecule has 1 aliphatic heterocycles. The van der Waals surface area contributed by atoms with Crippen LogP contribution < -0.4 is 0 Å². The van der Waals surface area contributed by atoms with Gasteiger partial charge in [-0.1, -0.05) is 12.1 Å². The second-order valence-electron chi connectivity index (χ2n) is 7.64. The van der Waals surface area contributed by atoms with E-state index in [2.05, 4.69) is 27.1 Å². The highest BCUT2D eigenvalue weighted by Crippen LogP contribution is 2.29. The van der Waals surface area contributed by atoms with Gasteiger partial charge < -0.3 is 14.5 Å². The number of nitrogens with zero attached hydrogens (tertiary/aromatic N) is 4. The van der Waals surface area contributed by atoms with Gasteiger partial charge in [0.25, 0.3) is 5.91 Å². The second-order valence-corrected chi connectivity index (χ2v) is 7.64. The predicted octanol–water partition coefficient (Wildman–Crippen LogP) is 4.29. The third kappa shape index (κ3) is 3.01. The van der Waals surface area contributed by atoms with E-state index in [4.69, 9.17) is 0 Å². The van der Waals surface area contributed by atoms with E-state index >= 15 is 0 Å². The van der Waals surface area contributed by atoms with Crippen LogP contribution in [0.25, 0.3) is 22.4 Å². The zero-order valence-electron chi connectivity index (χ0n) is 17.1. The Morgan fingerprint density at radius 3 is 2.73 bits per heavy atom. The number of H-pyrrole nitrogens is 1. The third-order valence-electron chi connectivity index (χ3n) is 5.83. The molecule has 0 fully saturated rings. The Kier molecular flexibility index (Phi) is 4.47. The number of rotatable bonds is 3. The van der Waals surface area contributed by atoms with Gasteiger partial charge in [-0.15, -0.1) is 0 Å². The van der Waals surface area contributed by atoms with Gasteiger partial charge in [0.1, 0.15) is 11.5 Å².